The Morgan fingerprint density at radius 3 is 2.59 bits per heavy atom. The molecule has 2 aromatic rings. The molecule has 0 aromatic heterocycles. The van der Waals surface area contributed by atoms with Crippen molar-refractivity contribution in [3.05, 3.63) is 72.3 Å². The van der Waals surface area contributed by atoms with Gasteiger partial charge in [-0.15, -0.1) is 0 Å². The second-order valence-electron chi connectivity index (χ2n) is 6.73. The number of nitrogens with two attached hydrogens (primary N) is 1. The summed E-state index contributed by atoms with van der Waals surface area (Å²) in [5, 5.41) is 1.74. The molecular weight excluding hydrogens is 340 g/mol. The maximum atomic E-state index is 6.30. The lowest BCUT2D eigenvalue weighted by molar-refractivity contribution is -0.0948. The number of ether oxygens (including phenoxy) is 3. The molecule has 0 unspecified atom stereocenters. The van der Waals surface area contributed by atoms with Gasteiger partial charge in [0.25, 0.3) is 0 Å². The van der Waals surface area contributed by atoms with Gasteiger partial charge in [0.1, 0.15) is 12.4 Å². The van der Waals surface area contributed by atoms with E-state index in [4.69, 9.17) is 20.1 Å². The summed E-state index contributed by atoms with van der Waals surface area (Å²) in [5.41, 5.74) is 2.99. The van der Waals surface area contributed by atoms with Crippen LogP contribution < -0.4 is 15.6 Å². The molecule has 0 atom stereocenters. The van der Waals surface area contributed by atoms with Gasteiger partial charge in [-0.2, -0.15) is 0 Å². The Morgan fingerprint density at radius 1 is 1.19 bits per heavy atom. The summed E-state index contributed by atoms with van der Waals surface area (Å²) in [4.78, 5) is 0. The Balaban J connectivity index is 1.71. The predicted octanol–water partition coefficient (Wildman–Crippen LogP) is 3.78. The first-order chi connectivity index (χ1) is 13.2. The molecule has 5 heteroatoms. The fourth-order valence-electron chi connectivity index (χ4n) is 3.44. The van der Waals surface area contributed by atoms with Crippen LogP contribution in [0, 0.1) is 0 Å². The molecule has 1 aliphatic rings. The van der Waals surface area contributed by atoms with Gasteiger partial charge in [-0.3, -0.25) is 0 Å². The zero-order valence-corrected chi connectivity index (χ0v) is 15.9. The first-order valence-corrected chi connectivity index (χ1v) is 9.25. The Morgan fingerprint density at radius 2 is 1.93 bits per heavy atom. The molecule has 1 saturated heterocycles. The van der Waals surface area contributed by atoms with E-state index < -0.39 is 0 Å². The minimum Gasteiger partial charge on any atom is -0.490 e. The molecule has 1 fully saturated rings. The third kappa shape index (κ3) is 4.69. The second kappa shape index (κ2) is 9.04. The minimum absolute atomic E-state index is 0.266. The number of hydrazine groups is 1. The summed E-state index contributed by atoms with van der Waals surface area (Å²) in [6, 6.07) is 16.2. The third-order valence-electron chi connectivity index (χ3n) is 5.03. The molecule has 1 aliphatic heterocycles. The standard InChI is InChI=1S/C22H28N2O3/c1-3-13-27-21-9-7-20(8-10-21)24(23)17-18-5-4-6-19(16-18)22(25-2)11-14-26-15-12-22/h3-10,16H,1,11-15,17,23H2,2H3. The molecule has 0 aliphatic carbocycles. The van der Waals surface area contributed by atoms with Crippen LogP contribution in [-0.4, -0.2) is 26.9 Å². The average molecular weight is 368 g/mol. The Hall–Kier alpha value is -2.34. The maximum Gasteiger partial charge on any atom is 0.119 e. The van der Waals surface area contributed by atoms with E-state index >= 15 is 0 Å². The largest absolute Gasteiger partial charge is 0.490 e. The van der Waals surface area contributed by atoms with Crippen LogP contribution in [0.5, 0.6) is 5.75 Å². The lowest BCUT2D eigenvalue weighted by atomic mass is 9.85. The van der Waals surface area contributed by atoms with Crippen molar-refractivity contribution in [2.75, 3.05) is 31.9 Å². The minimum atomic E-state index is -0.266. The van der Waals surface area contributed by atoms with E-state index in [1.807, 2.05) is 24.3 Å². The van der Waals surface area contributed by atoms with Gasteiger partial charge in [0.2, 0.25) is 0 Å². The number of methoxy groups -OCH3 is 1. The highest BCUT2D eigenvalue weighted by molar-refractivity contribution is 5.48. The van der Waals surface area contributed by atoms with Crippen molar-refractivity contribution in [1.29, 1.82) is 0 Å². The lowest BCUT2D eigenvalue weighted by Gasteiger charge is -2.36. The predicted molar refractivity (Wildman–Crippen MR) is 108 cm³/mol. The summed E-state index contributed by atoms with van der Waals surface area (Å²) >= 11 is 0. The van der Waals surface area contributed by atoms with Gasteiger partial charge < -0.3 is 19.2 Å². The number of hydrogen-bond donors (Lipinski definition) is 1. The molecule has 2 aromatic carbocycles. The Labute approximate surface area is 161 Å². The number of nitrogens with zero attached hydrogens (tertiary/aromatic N) is 1. The zero-order valence-electron chi connectivity index (χ0n) is 15.9. The first-order valence-electron chi connectivity index (χ1n) is 9.25. The highest BCUT2D eigenvalue weighted by atomic mass is 16.5. The summed E-state index contributed by atoms with van der Waals surface area (Å²) in [6.45, 7) is 6.20. The second-order valence-corrected chi connectivity index (χ2v) is 6.73. The van der Waals surface area contributed by atoms with Gasteiger partial charge >= 0.3 is 0 Å². The van der Waals surface area contributed by atoms with Crippen LogP contribution in [0.1, 0.15) is 24.0 Å². The number of hydrogen-bond acceptors (Lipinski definition) is 5. The topological polar surface area (TPSA) is 57.0 Å². The van der Waals surface area contributed by atoms with Gasteiger partial charge in [0.05, 0.1) is 17.8 Å². The SMILES string of the molecule is C=CCOc1ccc(N(N)Cc2cccc(C3(OC)CCOCC3)c2)cc1. The highest BCUT2D eigenvalue weighted by Gasteiger charge is 2.34. The van der Waals surface area contributed by atoms with E-state index in [1.165, 1.54) is 5.56 Å². The van der Waals surface area contributed by atoms with Crippen molar-refractivity contribution in [2.45, 2.75) is 25.0 Å². The fraction of sp³-hybridized carbons (Fsp3) is 0.364. The molecule has 0 radical (unpaired) electrons. The lowest BCUT2D eigenvalue weighted by Crippen LogP contribution is -2.36. The van der Waals surface area contributed by atoms with Gasteiger partial charge in [-0.1, -0.05) is 36.9 Å². The van der Waals surface area contributed by atoms with Crippen molar-refractivity contribution in [2.24, 2.45) is 5.84 Å². The van der Waals surface area contributed by atoms with Crippen molar-refractivity contribution in [1.82, 2.24) is 0 Å². The third-order valence-corrected chi connectivity index (χ3v) is 5.03. The van der Waals surface area contributed by atoms with Crippen LogP contribution in [0.25, 0.3) is 0 Å². The summed E-state index contributed by atoms with van der Waals surface area (Å²) in [5.74, 6) is 7.10. The number of anilines is 1. The molecule has 0 saturated carbocycles. The first kappa shape index (κ1) is 19.4. The molecule has 1 heterocycles. The molecule has 0 spiro atoms. The van der Waals surface area contributed by atoms with Crippen LogP contribution in [-0.2, 0) is 21.6 Å². The van der Waals surface area contributed by atoms with Gasteiger partial charge in [0.15, 0.2) is 0 Å². The van der Waals surface area contributed by atoms with Gasteiger partial charge in [0, 0.05) is 33.2 Å². The van der Waals surface area contributed by atoms with Crippen LogP contribution in [0.15, 0.2) is 61.2 Å². The molecule has 3 rings (SSSR count). The van der Waals surface area contributed by atoms with E-state index in [2.05, 4.69) is 30.8 Å². The van der Waals surface area contributed by atoms with Crippen molar-refractivity contribution in [3.8, 4) is 5.75 Å². The molecule has 0 bridgehead atoms. The van der Waals surface area contributed by atoms with Gasteiger partial charge in [-0.25, -0.2) is 5.84 Å². The number of benzene rings is 2. The smallest absolute Gasteiger partial charge is 0.119 e. The van der Waals surface area contributed by atoms with Crippen molar-refractivity contribution >= 4 is 5.69 Å². The van der Waals surface area contributed by atoms with Crippen molar-refractivity contribution < 1.29 is 14.2 Å². The summed E-state index contributed by atoms with van der Waals surface area (Å²) in [7, 11) is 1.78. The van der Waals surface area contributed by atoms with E-state index in [-0.39, 0.29) is 5.60 Å². The van der Waals surface area contributed by atoms with E-state index in [9.17, 15) is 0 Å². The van der Waals surface area contributed by atoms with Crippen LogP contribution in [0.2, 0.25) is 0 Å². The van der Waals surface area contributed by atoms with E-state index in [1.54, 1.807) is 18.2 Å². The van der Waals surface area contributed by atoms with Crippen LogP contribution >= 0.6 is 0 Å². The zero-order chi connectivity index (χ0) is 19.1. The molecule has 144 valence electrons. The quantitative estimate of drug-likeness (QED) is 0.436. The molecular formula is C22H28N2O3. The van der Waals surface area contributed by atoms with E-state index in [0.717, 1.165) is 43.1 Å². The van der Waals surface area contributed by atoms with E-state index in [0.29, 0.717) is 13.2 Å². The Kier molecular flexibility index (Phi) is 6.50. The molecule has 5 nitrogen and oxygen atoms in total. The number of rotatable bonds is 8. The van der Waals surface area contributed by atoms with Crippen LogP contribution in [0.3, 0.4) is 0 Å². The van der Waals surface area contributed by atoms with Gasteiger partial charge in [-0.05, 0) is 35.4 Å². The van der Waals surface area contributed by atoms with Crippen LogP contribution in [0.4, 0.5) is 5.69 Å². The Bertz CT molecular complexity index is 739. The maximum absolute atomic E-state index is 6.30. The fourth-order valence-corrected chi connectivity index (χ4v) is 3.44. The summed E-state index contributed by atoms with van der Waals surface area (Å²) in [6.07, 6.45) is 3.46. The normalized spacial score (nSPS) is 15.9. The molecule has 2 N–H and O–H groups in total. The molecule has 0 amide bonds. The summed E-state index contributed by atoms with van der Waals surface area (Å²) < 4.78 is 16.9. The van der Waals surface area contributed by atoms with Crippen molar-refractivity contribution in [3.63, 3.8) is 0 Å². The molecule has 27 heavy (non-hydrogen) atoms. The average Bonchev–Trinajstić information content (AvgIpc) is 2.73. The highest BCUT2D eigenvalue weighted by Crippen LogP contribution is 2.36. The monoisotopic (exact) mass is 368 g/mol.